The lowest BCUT2D eigenvalue weighted by Gasteiger charge is -2.12. The SMILES string of the molecule is CCNC(=NCCn1cccc1)NCCOc1ccccc1.I. The third-order valence-electron chi connectivity index (χ3n) is 3.04. The summed E-state index contributed by atoms with van der Waals surface area (Å²) in [6.45, 7) is 5.84. The zero-order chi connectivity index (χ0) is 15.5. The van der Waals surface area contributed by atoms with Crippen LogP contribution in [0.1, 0.15) is 6.92 Å². The van der Waals surface area contributed by atoms with Gasteiger partial charge in [0.05, 0.1) is 13.1 Å². The van der Waals surface area contributed by atoms with Crippen molar-refractivity contribution < 1.29 is 4.74 Å². The Balaban J connectivity index is 0.00000264. The van der Waals surface area contributed by atoms with E-state index in [4.69, 9.17) is 4.74 Å². The van der Waals surface area contributed by atoms with Gasteiger partial charge >= 0.3 is 0 Å². The first kappa shape index (κ1) is 19.3. The Morgan fingerprint density at radius 3 is 2.52 bits per heavy atom. The minimum absolute atomic E-state index is 0. The number of aliphatic imine (C=N–C) groups is 1. The predicted octanol–water partition coefficient (Wildman–Crippen LogP) is 2.74. The van der Waals surface area contributed by atoms with Gasteiger partial charge in [0, 0.05) is 25.5 Å². The molecule has 0 bridgehead atoms. The second-order valence-electron chi connectivity index (χ2n) is 4.77. The molecular formula is C17H25IN4O. The maximum absolute atomic E-state index is 5.65. The van der Waals surface area contributed by atoms with E-state index in [0.29, 0.717) is 13.2 Å². The number of aromatic nitrogens is 1. The molecule has 0 fully saturated rings. The van der Waals surface area contributed by atoms with Crippen molar-refractivity contribution in [2.24, 2.45) is 4.99 Å². The molecule has 0 spiro atoms. The molecule has 0 saturated carbocycles. The van der Waals surface area contributed by atoms with E-state index in [1.165, 1.54) is 0 Å². The Morgan fingerprint density at radius 1 is 1.09 bits per heavy atom. The largest absolute Gasteiger partial charge is 0.492 e. The molecule has 5 nitrogen and oxygen atoms in total. The van der Waals surface area contributed by atoms with Crippen LogP contribution in [0.3, 0.4) is 0 Å². The summed E-state index contributed by atoms with van der Waals surface area (Å²) < 4.78 is 7.77. The van der Waals surface area contributed by atoms with Crippen LogP contribution in [0.2, 0.25) is 0 Å². The van der Waals surface area contributed by atoms with Crippen molar-refractivity contribution in [3.05, 3.63) is 54.9 Å². The number of guanidine groups is 1. The molecule has 0 radical (unpaired) electrons. The number of benzene rings is 1. The summed E-state index contributed by atoms with van der Waals surface area (Å²) in [6, 6.07) is 13.9. The van der Waals surface area contributed by atoms with Crippen LogP contribution in [0.4, 0.5) is 0 Å². The summed E-state index contributed by atoms with van der Waals surface area (Å²) in [5, 5.41) is 6.51. The molecule has 0 atom stereocenters. The topological polar surface area (TPSA) is 50.6 Å². The van der Waals surface area contributed by atoms with Crippen molar-refractivity contribution >= 4 is 29.9 Å². The predicted molar refractivity (Wildman–Crippen MR) is 106 cm³/mol. The van der Waals surface area contributed by atoms with Crippen LogP contribution in [-0.2, 0) is 6.54 Å². The normalized spacial score (nSPS) is 10.7. The van der Waals surface area contributed by atoms with E-state index >= 15 is 0 Å². The van der Waals surface area contributed by atoms with Crippen LogP contribution >= 0.6 is 24.0 Å². The highest BCUT2D eigenvalue weighted by molar-refractivity contribution is 14.0. The molecule has 126 valence electrons. The van der Waals surface area contributed by atoms with Gasteiger partial charge < -0.3 is 19.9 Å². The van der Waals surface area contributed by atoms with Crippen molar-refractivity contribution in [2.45, 2.75) is 13.5 Å². The number of rotatable bonds is 8. The average Bonchev–Trinajstić information content (AvgIpc) is 3.06. The van der Waals surface area contributed by atoms with Crippen LogP contribution in [-0.4, -0.2) is 36.8 Å². The Morgan fingerprint density at radius 2 is 1.83 bits per heavy atom. The minimum Gasteiger partial charge on any atom is -0.492 e. The smallest absolute Gasteiger partial charge is 0.191 e. The van der Waals surface area contributed by atoms with Gasteiger partial charge in [-0.1, -0.05) is 18.2 Å². The molecular weight excluding hydrogens is 403 g/mol. The van der Waals surface area contributed by atoms with E-state index in [-0.39, 0.29) is 24.0 Å². The number of halogens is 1. The Labute approximate surface area is 155 Å². The van der Waals surface area contributed by atoms with Gasteiger partial charge in [0.25, 0.3) is 0 Å². The molecule has 0 amide bonds. The summed E-state index contributed by atoms with van der Waals surface area (Å²) in [4.78, 5) is 4.55. The van der Waals surface area contributed by atoms with Crippen molar-refractivity contribution in [2.75, 3.05) is 26.2 Å². The van der Waals surface area contributed by atoms with Gasteiger partial charge in [-0.05, 0) is 31.2 Å². The lowest BCUT2D eigenvalue weighted by atomic mass is 10.3. The van der Waals surface area contributed by atoms with E-state index in [1.54, 1.807) is 0 Å². The number of nitrogens with one attached hydrogen (secondary N) is 2. The molecule has 6 heteroatoms. The van der Waals surface area contributed by atoms with Gasteiger partial charge in [-0.25, -0.2) is 0 Å². The third kappa shape index (κ3) is 7.92. The zero-order valence-corrected chi connectivity index (χ0v) is 15.8. The van der Waals surface area contributed by atoms with E-state index in [9.17, 15) is 0 Å². The van der Waals surface area contributed by atoms with Gasteiger partial charge in [0.2, 0.25) is 0 Å². The molecule has 0 aliphatic carbocycles. The van der Waals surface area contributed by atoms with Crippen LogP contribution in [0, 0.1) is 0 Å². The summed E-state index contributed by atoms with van der Waals surface area (Å²) in [7, 11) is 0. The van der Waals surface area contributed by atoms with E-state index in [1.807, 2.05) is 54.9 Å². The average molecular weight is 428 g/mol. The molecule has 2 aromatic rings. The maximum Gasteiger partial charge on any atom is 0.191 e. The summed E-state index contributed by atoms with van der Waals surface area (Å²) in [5.74, 6) is 1.71. The van der Waals surface area contributed by atoms with Gasteiger partial charge in [-0.2, -0.15) is 0 Å². The van der Waals surface area contributed by atoms with Crippen molar-refractivity contribution in [3.63, 3.8) is 0 Å². The molecule has 0 aliphatic heterocycles. The summed E-state index contributed by atoms with van der Waals surface area (Å²) in [5.41, 5.74) is 0. The zero-order valence-electron chi connectivity index (χ0n) is 13.4. The molecule has 2 N–H and O–H groups in total. The van der Waals surface area contributed by atoms with E-state index in [0.717, 1.165) is 31.3 Å². The second-order valence-corrected chi connectivity index (χ2v) is 4.77. The number of nitrogens with zero attached hydrogens (tertiary/aromatic N) is 2. The van der Waals surface area contributed by atoms with Crippen LogP contribution in [0.25, 0.3) is 0 Å². The van der Waals surface area contributed by atoms with Gasteiger partial charge in [0.15, 0.2) is 5.96 Å². The van der Waals surface area contributed by atoms with Gasteiger partial charge in [0.1, 0.15) is 12.4 Å². The monoisotopic (exact) mass is 428 g/mol. The summed E-state index contributed by atoms with van der Waals surface area (Å²) in [6.07, 6.45) is 4.09. The van der Waals surface area contributed by atoms with Crippen LogP contribution in [0.15, 0.2) is 59.9 Å². The number of hydrogen-bond donors (Lipinski definition) is 2. The number of para-hydroxylation sites is 1. The van der Waals surface area contributed by atoms with Crippen molar-refractivity contribution in [3.8, 4) is 5.75 Å². The first-order valence-corrected chi connectivity index (χ1v) is 7.69. The number of hydrogen-bond acceptors (Lipinski definition) is 2. The standard InChI is InChI=1S/C17H24N4O.HI/c1-2-18-17(19-10-14-21-12-6-7-13-21)20-11-15-22-16-8-4-3-5-9-16;/h3-9,12-13H,2,10-11,14-15H2,1H3,(H2,18,19,20);1H. The Hall–Kier alpha value is -1.70. The highest BCUT2D eigenvalue weighted by Crippen LogP contribution is 2.07. The van der Waals surface area contributed by atoms with Crippen LogP contribution in [0.5, 0.6) is 5.75 Å². The first-order chi connectivity index (χ1) is 10.9. The van der Waals surface area contributed by atoms with Crippen LogP contribution < -0.4 is 15.4 Å². The maximum atomic E-state index is 5.65. The molecule has 1 aromatic carbocycles. The fourth-order valence-corrected chi connectivity index (χ4v) is 1.99. The fourth-order valence-electron chi connectivity index (χ4n) is 1.99. The van der Waals surface area contributed by atoms with E-state index < -0.39 is 0 Å². The Kier molecular flexibility index (Phi) is 9.94. The molecule has 0 aliphatic rings. The molecule has 23 heavy (non-hydrogen) atoms. The number of ether oxygens (including phenoxy) is 1. The summed E-state index contributed by atoms with van der Waals surface area (Å²) >= 11 is 0. The van der Waals surface area contributed by atoms with E-state index in [2.05, 4.69) is 27.1 Å². The second kappa shape index (κ2) is 11.8. The van der Waals surface area contributed by atoms with Gasteiger partial charge in [-0.15, -0.1) is 24.0 Å². The lowest BCUT2D eigenvalue weighted by molar-refractivity contribution is 0.322. The van der Waals surface area contributed by atoms with Crippen molar-refractivity contribution in [1.29, 1.82) is 0 Å². The Bertz CT molecular complexity index is 543. The molecule has 0 unspecified atom stereocenters. The molecule has 2 rings (SSSR count). The van der Waals surface area contributed by atoms with Crippen molar-refractivity contribution in [1.82, 2.24) is 15.2 Å². The highest BCUT2D eigenvalue weighted by atomic mass is 127. The third-order valence-corrected chi connectivity index (χ3v) is 3.04. The quantitative estimate of drug-likeness (QED) is 0.294. The first-order valence-electron chi connectivity index (χ1n) is 7.69. The molecule has 0 saturated heterocycles. The molecule has 1 aromatic heterocycles. The highest BCUT2D eigenvalue weighted by Gasteiger charge is 1.97. The lowest BCUT2D eigenvalue weighted by Crippen LogP contribution is -2.39. The van der Waals surface area contributed by atoms with Gasteiger partial charge in [-0.3, -0.25) is 4.99 Å². The fraction of sp³-hybridized carbons (Fsp3) is 0.353. The molecule has 1 heterocycles. The minimum atomic E-state index is 0.